The van der Waals surface area contributed by atoms with Gasteiger partial charge in [-0.15, -0.1) is 0 Å². The van der Waals surface area contributed by atoms with Gasteiger partial charge >= 0.3 is 0 Å². The van der Waals surface area contributed by atoms with Gasteiger partial charge in [0.25, 0.3) is 0 Å². The minimum absolute atomic E-state index is 0.365. The lowest BCUT2D eigenvalue weighted by Crippen LogP contribution is -2.65. The Labute approximate surface area is 170 Å². The smallest absolute Gasteiger partial charge is 0.187 e. The molecule has 0 aromatic heterocycles. The van der Waals surface area contributed by atoms with Gasteiger partial charge in [0.1, 0.15) is 61.0 Å². The molecule has 13 atom stereocenters. The van der Waals surface area contributed by atoms with Crippen LogP contribution in [0.4, 0.5) is 0 Å². The van der Waals surface area contributed by atoms with Crippen LogP contribution in [0.1, 0.15) is 0 Å². The van der Waals surface area contributed by atoms with E-state index in [-0.39, 0.29) is 6.61 Å². The molecule has 9 N–H and O–H groups in total. The summed E-state index contributed by atoms with van der Waals surface area (Å²) in [5.41, 5.74) is 0. The van der Waals surface area contributed by atoms with Gasteiger partial charge in [0.05, 0.1) is 19.8 Å². The molecule has 0 amide bonds. The molecule has 0 bridgehead atoms. The molecule has 0 saturated carbocycles. The number of aliphatic hydroxyl groups is 9. The Morgan fingerprint density at radius 2 is 1.23 bits per heavy atom. The first kappa shape index (κ1) is 24.1. The van der Waals surface area contributed by atoms with Gasteiger partial charge in [0.15, 0.2) is 18.9 Å². The van der Waals surface area contributed by atoms with E-state index in [2.05, 4.69) is 0 Å². The molecular formula is C16H28O14. The fourth-order valence-electron chi connectivity index (χ4n) is 3.45. The van der Waals surface area contributed by atoms with Gasteiger partial charge in [-0.1, -0.05) is 0 Å². The molecule has 176 valence electrons. The van der Waals surface area contributed by atoms with E-state index in [4.69, 9.17) is 23.7 Å². The molecule has 3 saturated heterocycles. The lowest BCUT2D eigenvalue weighted by molar-refractivity contribution is -0.381. The zero-order valence-electron chi connectivity index (χ0n) is 15.7. The molecule has 0 aromatic rings. The Kier molecular flexibility index (Phi) is 7.97. The van der Waals surface area contributed by atoms with Crippen LogP contribution in [0.2, 0.25) is 0 Å². The first-order valence-corrected chi connectivity index (χ1v) is 9.40. The fourth-order valence-corrected chi connectivity index (χ4v) is 3.45. The molecule has 3 fully saturated rings. The van der Waals surface area contributed by atoms with Crippen LogP contribution in [0.5, 0.6) is 0 Å². The molecular weight excluding hydrogens is 416 g/mol. The Hall–Kier alpha value is -0.560. The Morgan fingerprint density at radius 1 is 0.633 bits per heavy atom. The van der Waals surface area contributed by atoms with Crippen molar-refractivity contribution in [2.45, 2.75) is 79.9 Å². The van der Waals surface area contributed by atoms with Gasteiger partial charge in [-0.05, 0) is 0 Å². The van der Waals surface area contributed by atoms with E-state index in [1.165, 1.54) is 0 Å². The van der Waals surface area contributed by atoms with E-state index in [1.807, 2.05) is 0 Å². The van der Waals surface area contributed by atoms with Crippen LogP contribution < -0.4 is 0 Å². The molecule has 3 aliphatic heterocycles. The van der Waals surface area contributed by atoms with Crippen molar-refractivity contribution in [2.24, 2.45) is 0 Å². The van der Waals surface area contributed by atoms with Crippen molar-refractivity contribution in [3.63, 3.8) is 0 Å². The second-order valence-electron chi connectivity index (χ2n) is 7.44. The summed E-state index contributed by atoms with van der Waals surface area (Å²) in [6.07, 6.45) is -20.6. The average Bonchev–Trinajstić information content (AvgIpc) is 2.72. The number of hydrogen-bond acceptors (Lipinski definition) is 14. The quantitative estimate of drug-likeness (QED) is 0.192. The van der Waals surface area contributed by atoms with E-state index in [9.17, 15) is 46.0 Å². The Bertz CT molecular complexity index is 552. The molecule has 3 aliphatic rings. The number of hydrogen-bond donors (Lipinski definition) is 9. The SMILES string of the molecule is OC[C@H]1O[C@@H](O[C@@H]2[C@@H](O)[C@@H](O)CO[C@H]2O)[C@H](O[C@@H]2OC[C@H](O)[C@H](O)[C@H]2O)[C@@H](O)[C@@H]1O. The molecule has 0 aromatic carbocycles. The summed E-state index contributed by atoms with van der Waals surface area (Å²) in [6.45, 7) is -1.50. The fraction of sp³-hybridized carbons (Fsp3) is 1.00. The summed E-state index contributed by atoms with van der Waals surface area (Å²) >= 11 is 0. The van der Waals surface area contributed by atoms with Crippen molar-refractivity contribution < 1.29 is 69.6 Å². The maximum atomic E-state index is 10.5. The molecule has 3 rings (SSSR count). The lowest BCUT2D eigenvalue weighted by Gasteiger charge is -2.46. The largest absolute Gasteiger partial charge is 0.394 e. The minimum Gasteiger partial charge on any atom is -0.394 e. The highest BCUT2D eigenvalue weighted by Crippen LogP contribution is 2.30. The van der Waals surface area contributed by atoms with Gasteiger partial charge in [0, 0.05) is 0 Å². The normalized spacial score (nSPS) is 52.9. The molecule has 0 aliphatic carbocycles. The highest BCUT2D eigenvalue weighted by Gasteiger charge is 2.51. The standard InChI is InChI=1S/C16H28O14/c17-1-6-9(22)10(23)13(30-15-11(24)7(20)4(18)3-27-15)16(28-6)29-12-8(21)5(19)2-26-14(12)25/h4-25H,1-3H2/t4-,5-,6+,7-,8-,9+,10-,11+,12+,13+,14+,15-,16-/m0/s1. The van der Waals surface area contributed by atoms with Gasteiger partial charge in [0.2, 0.25) is 0 Å². The van der Waals surface area contributed by atoms with Crippen LogP contribution in [0.15, 0.2) is 0 Å². The first-order valence-electron chi connectivity index (χ1n) is 9.40. The molecule has 0 unspecified atom stereocenters. The Morgan fingerprint density at radius 3 is 1.90 bits per heavy atom. The van der Waals surface area contributed by atoms with E-state index in [0.717, 1.165) is 0 Å². The molecule has 30 heavy (non-hydrogen) atoms. The van der Waals surface area contributed by atoms with E-state index >= 15 is 0 Å². The number of aliphatic hydroxyl groups excluding tert-OH is 9. The van der Waals surface area contributed by atoms with Gasteiger partial charge in [-0.2, -0.15) is 0 Å². The van der Waals surface area contributed by atoms with Crippen molar-refractivity contribution in [1.29, 1.82) is 0 Å². The number of rotatable bonds is 5. The van der Waals surface area contributed by atoms with Crippen LogP contribution in [0, 0.1) is 0 Å². The predicted octanol–water partition coefficient (Wildman–Crippen LogP) is -6.29. The van der Waals surface area contributed by atoms with Crippen LogP contribution in [-0.4, -0.2) is 146 Å². The molecule has 0 radical (unpaired) electrons. The van der Waals surface area contributed by atoms with Crippen LogP contribution >= 0.6 is 0 Å². The minimum atomic E-state index is -1.76. The predicted molar refractivity (Wildman–Crippen MR) is 89.2 cm³/mol. The van der Waals surface area contributed by atoms with Crippen LogP contribution in [0.3, 0.4) is 0 Å². The summed E-state index contributed by atoms with van der Waals surface area (Å²) < 4.78 is 26.3. The zero-order valence-corrected chi connectivity index (χ0v) is 15.7. The van der Waals surface area contributed by atoms with Crippen molar-refractivity contribution in [1.82, 2.24) is 0 Å². The summed E-state index contributed by atoms with van der Waals surface area (Å²) in [6, 6.07) is 0. The Balaban J connectivity index is 1.78. The lowest BCUT2D eigenvalue weighted by atomic mass is 9.98. The summed E-state index contributed by atoms with van der Waals surface area (Å²) in [4.78, 5) is 0. The van der Waals surface area contributed by atoms with E-state index < -0.39 is 93.1 Å². The highest BCUT2D eigenvalue weighted by molar-refractivity contribution is 4.93. The third-order valence-electron chi connectivity index (χ3n) is 5.31. The second-order valence-corrected chi connectivity index (χ2v) is 7.44. The van der Waals surface area contributed by atoms with Crippen molar-refractivity contribution in [3.05, 3.63) is 0 Å². The monoisotopic (exact) mass is 444 g/mol. The van der Waals surface area contributed by atoms with Crippen LogP contribution in [-0.2, 0) is 23.7 Å². The zero-order chi connectivity index (χ0) is 22.2. The van der Waals surface area contributed by atoms with Gasteiger partial charge < -0.3 is 69.6 Å². The molecule has 14 heteroatoms. The first-order chi connectivity index (χ1) is 14.1. The maximum absolute atomic E-state index is 10.5. The highest BCUT2D eigenvalue weighted by atomic mass is 16.8. The topological polar surface area (TPSA) is 228 Å². The maximum Gasteiger partial charge on any atom is 0.187 e. The van der Waals surface area contributed by atoms with E-state index in [1.54, 1.807) is 0 Å². The second kappa shape index (κ2) is 9.93. The molecule has 14 nitrogen and oxygen atoms in total. The number of ether oxygens (including phenoxy) is 5. The molecule has 0 spiro atoms. The average molecular weight is 444 g/mol. The van der Waals surface area contributed by atoms with Crippen molar-refractivity contribution in [3.8, 4) is 0 Å². The van der Waals surface area contributed by atoms with Crippen molar-refractivity contribution >= 4 is 0 Å². The van der Waals surface area contributed by atoms with Gasteiger partial charge in [-0.25, -0.2) is 0 Å². The molecule has 3 heterocycles. The summed E-state index contributed by atoms with van der Waals surface area (Å²) in [5.74, 6) is 0. The van der Waals surface area contributed by atoms with Crippen molar-refractivity contribution in [2.75, 3.05) is 19.8 Å². The van der Waals surface area contributed by atoms with E-state index in [0.29, 0.717) is 0 Å². The summed E-state index contributed by atoms with van der Waals surface area (Å²) in [5, 5.41) is 89.1. The third-order valence-corrected chi connectivity index (χ3v) is 5.31. The third kappa shape index (κ3) is 4.77. The van der Waals surface area contributed by atoms with Crippen LogP contribution in [0.25, 0.3) is 0 Å². The summed E-state index contributed by atoms with van der Waals surface area (Å²) in [7, 11) is 0. The van der Waals surface area contributed by atoms with Gasteiger partial charge in [-0.3, -0.25) is 0 Å².